The quantitative estimate of drug-likeness (QED) is 0.349. The second-order valence-corrected chi connectivity index (χ2v) is 5.72. The minimum absolute atomic E-state index is 0.0436. The van der Waals surface area contributed by atoms with Crippen molar-refractivity contribution in [3.63, 3.8) is 0 Å². The molecule has 1 atom stereocenters. The van der Waals surface area contributed by atoms with Gasteiger partial charge in [-0.2, -0.15) is 21.6 Å². The van der Waals surface area contributed by atoms with Crippen molar-refractivity contribution in [1.82, 2.24) is 4.31 Å². The first kappa shape index (κ1) is 18.9. The SMILES string of the molecule is C=C(C)C(=O)OCC(C(C)C)N(C(F)(F)F)S(=O)(=O)O. The number of alkyl halides is 3. The molecule has 0 bridgehead atoms. The van der Waals surface area contributed by atoms with Crippen molar-refractivity contribution in [3.05, 3.63) is 12.2 Å². The van der Waals surface area contributed by atoms with Gasteiger partial charge in [-0.15, -0.1) is 0 Å². The third-order valence-corrected chi connectivity index (χ3v) is 3.28. The molecule has 0 rings (SSSR count). The highest BCUT2D eigenvalue weighted by Gasteiger charge is 2.50. The van der Waals surface area contributed by atoms with Gasteiger partial charge in [0.1, 0.15) is 6.61 Å². The third kappa shape index (κ3) is 5.47. The lowest BCUT2D eigenvalue weighted by Crippen LogP contribution is -2.53. The van der Waals surface area contributed by atoms with Gasteiger partial charge in [0.05, 0.1) is 6.04 Å². The first-order valence-corrected chi connectivity index (χ1v) is 6.84. The van der Waals surface area contributed by atoms with E-state index in [9.17, 15) is 26.4 Å². The fraction of sp³-hybridized carbons (Fsp3) is 0.700. The van der Waals surface area contributed by atoms with Crippen molar-refractivity contribution in [2.24, 2.45) is 5.92 Å². The van der Waals surface area contributed by atoms with E-state index in [0.717, 1.165) is 0 Å². The number of carbonyl (C=O) groups is 1. The van der Waals surface area contributed by atoms with Crippen LogP contribution >= 0.6 is 0 Å². The molecular formula is C10H16F3NO5S. The van der Waals surface area contributed by atoms with Crippen LogP contribution in [0.4, 0.5) is 13.2 Å². The van der Waals surface area contributed by atoms with Gasteiger partial charge in [0.25, 0.3) is 0 Å². The summed E-state index contributed by atoms with van der Waals surface area (Å²) in [6.07, 6.45) is -5.34. The fourth-order valence-electron chi connectivity index (χ4n) is 1.31. The van der Waals surface area contributed by atoms with Gasteiger partial charge in [-0.05, 0) is 12.8 Å². The molecule has 0 aromatic heterocycles. The van der Waals surface area contributed by atoms with Crippen molar-refractivity contribution in [3.8, 4) is 0 Å². The Kier molecular flexibility index (Phi) is 6.18. The molecular weight excluding hydrogens is 303 g/mol. The Balaban J connectivity index is 5.33. The van der Waals surface area contributed by atoms with E-state index in [1.807, 2.05) is 0 Å². The largest absolute Gasteiger partial charge is 0.475 e. The molecule has 0 saturated carbocycles. The number of carbonyl (C=O) groups excluding carboxylic acids is 1. The number of hydrogen-bond donors (Lipinski definition) is 1. The van der Waals surface area contributed by atoms with Crippen LogP contribution in [-0.4, -0.2) is 42.2 Å². The van der Waals surface area contributed by atoms with Gasteiger partial charge in [0.2, 0.25) is 0 Å². The van der Waals surface area contributed by atoms with Gasteiger partial charge >= 0.3 is 22.6 Å². The minimum Gasteiger partial charge on any atom is -0.461 e. The van der Waals surface area contributed by atoms with E-state index in [1.54, 1.807) is 0 Å². The normalized spacial score (nSPS) is 14.4. The Labute approximate surface area is 115 Å². The Hall–Kier alpha value is -1.13. The van der Waals surface area contributed by atoms with Crippen LogP contribution in [0.25, 0.3) is 0 Å². The van der Waals surface area contributed by atoms with Crippen molar-refractivity contribution in [2.75, 3.05) is 6.61 Å². The molecule has 0 aliphatic rings. The van der Waals surface area contributed by atoms with Crippen molar-refractivity contribution in [2.45, 2.75) is 33.1 Å². The zero-order chi connectivity index (χ0) is 16.3. The average Bonchev–Trinajstić information content (AvgIpc) is 2.18. The highest BCUT2D eigenvalue weighted by Crippen LogP contribution is 2.30. The van der Waals surface area contributed by atoms with Gasteiger partial charge in [-0.1, -0.05) is 24.7 Å². The van der Waals surface area contributed by atoms with E-state index < -0.39 is 45.4 Å². The molecule has 6 nitrogen and oxygen atoms in total. The van der Waals surface area contributed by atoms with Crippen molar-refractivity contribution >= 4 is 16.3 Å². The highest BCUT2D eigenvalue weighted by molar-refractivity contribution is 7.83. The molecule has 0 radical (unpaired) electrons. The van der Waals surface area contributed by atoms with E-state index in [-0.39, 0.29) is 5.57 Å². The molecule has 0 heterocycles. The molecule has 0 aliphatic heterocycles. The number of esters is 1. The summed E-state index contributed by atoms with van der Waals surface area (Å²) in [5, 5.41) is 0. The molecule has 0 aromatic rings. The summed E-state index contributed by atoms with van der Waals surface area (Å²) in [6.45, 7) is 6.26. The number of halogens is 3. The Morgan fingerprint density at radius 1 is 1.40 bits per heavy atom. The molecule has 0 aliphatic carbocycles. The first-order chi connectivity index (χ1) is 8.78. The molecule has 0 amide bonds. The summed E-state index contributed by atoms with van der Waals surface area (Å²) in [5.41, 5.74) is -0.0436. The van der Waals surface area contributed by atoms with Crippen LogP contribution in [0, 0.1) is 5.92 Å². The van der Waals surface area contributed by atoms with Crippen LogP contribution in [0.2, 0.25) is 0 Å². The smallest absolute Gasteiger partial charge is 0.461 e. The fourth-order valence-corrected chi connectivity index (χ4v) is 2.21. The van der Waals surface area contributed by atoms with Crippen LogP contribution in [0.15, 0.2) is 12.2 Å². The van der Waals surface area contributed by atoms with Crippen LogP contribution < -0.4 is 0 Å². The molecule has 0 spiro atoms. The molecule has 10 heteroatoms. The average molecular weight is 319 g/mol. The first-order valence-electron chi connectivity index (χ1n) is 5.44. The molecule has 1 N–H and O–H groups in total. The van der Waals surface area contributed by atoms with E-state index >= 15 is 0 Å². The summed E-state index contributed by atoms with van der Waals surface area (Å²) < 4.78 is 72.3. The Morgan fingerprint density at radius 3 is 2.10 bits per heavy atom. The standard InChI is InChI=1S/C10H16F3NO5S/c1-6(2)8(5-19-9(15)7(3)4)14(10(11,12)13)20(16,17)18/h6,8H,3,5H2,1-2,4H3,(H,16,17,18). The van der Waals surface area contributed by atoms with E-state index in [1.165, 1.54) is 20.8 Å². The molecule has 1 unspecified atom stereocenters. The molecule has 20 heavy (non-hydrogen) atoms. The second-order valence-electron chi connectivity index (χ2n) is 4.43. The van der Waals surface area contributed by atoms with Gasteiger partial charge in [0.15, 0.2) is 0 Å². The van der Waals surface area contributed by atoms with Crippen LogP contribution in [0.5, 0.6) is 0 Å². The maximum atomic E-state index is 12.7. The molecule has 118 valence electrons. The maximum Gasteiger partial charge on any atom is 0.475 e. The van der Waals surface area contributed by atoms with Crippen molar-refractivity contribution in [1.29, 1.82) is 0 Å². The molecule has 0 aromatic carbocycles. The summed E-state index contributed by atoms with van der Waals surface area (Å²) in [5.74, 6) is -1.82. The van der Waals surface area contributed by atoms with Gasteiger partial charge < -0.3 is 4.74 Å². The van der Waals surface area contributed by atoms with Gasteiger partial charge in [-0.25, -0.2) is 4.79 Å². The molecule has 0 fully saturated rings. The summed E-state index contributed by atoms with van der Waals surface area (Å²) in [7, 11) is -5.54. The Bertz CT molecular complexity index is 472. The number of ether oxygens (including phenoxy) is 1. The van der Waals surface area contributed by atoms with Crippen LogP contribution in [0.1, 0.15) is 20.8 Å². The molecule has 0 saturated heterocycles. The lowest BCUT2D eigenvalue weighted by atomic mass is 10.1. The third-order valence-electron chi connectivity index (χ3n) is 2.30. The van der Waals surface area contributed by atoms with E-state index in [2.05, 4.69) is 11.3 Å². The number of hydrogen-bond acceptors (Lipinski definition) is 4. The predicted octanol–water partition coefficient (Wildman–Crippen LogP) is 1.75. The zero-order valence-corrected chi connectivity index (χ0v) is 12.0. The topological polar surface area (TPSA) is 83.9 Å². The number of nitrogens with zero attached hydrogens (tertiary/aromatic N) is 1. The minimum atomic E-state index is -5.54. The maximum absolute atomic E-state index is 12.7. The van der Waals surface area contributed by atoms with Crippen molar-refractivity contribution < 1.29 is 35.7 Å². The lowest BCUT2D eigenvalue weighted by molar-refractivity contribution is -0.231. The predicted molar refractivity (Wildman–Crippen MR) is 63.8 cm³/mol. The number of rotatable bonds is 6. The summed E-state index contributed by atoms with van der Waals surface area (Å²) >= 11 is 0. The van der Waals surface area contributed by atoms with E-state index in [4.69, 9.17) is 4.55 Å². The lowest BCUT2D eigenvalue weighted by Gasteiger charge is -2.31. The summed E-state index contributed by atoms with van der Waals surface area (Å²) in [6, 6.07) is -1.78. The van der Waals surface area contributed by atoms with Crippen LogP contribution in [-0.2, 0) is 19.8 Å². The zero-order valence-electron chi connectivity index (χ0n) is 11.1. The van der Waals surface area contributed by atoms with E-state index in [0.29, 0.717) is 0 Å². The Morgan fingerprint density at radius 2 is 1.85 bits per heavy atom. The van der Waals surface area contributed by atoms with Gasteiger partial charge in [-0.3, -0.25) is 4.55 Å². The van der Waals surface area contributed by atoms with Crippen LogP contribution in [0.3, 0.4) is 0 Å². The summed E-state index contributed by atoms with van der Waals surface area (Å²) in [4.78, 5) is 11.2. The highest BCUT2D eigenvalue weighted by atomic mass is 32.2. The second kappa shape index (κ2) is 6.55. The van der Waals surface area contributed by atoms with Gasteiger partial charge in [0, 0.05) is 5.57 Å². The monoisotopic (exact) mass is 319 g/mol.